The molecule has 0 radical (unpaired) electrons. The summed E-state index contributed by atoms with van der Waals surface area (Å²) in [5, 5.41) is 86.9. The van der Waals surface area contributed by atoms with Gasteiger partial charge in [0.25, 0.3) is 0 Å². The molecule has 2 fully saturated rings. The highest BCUT2D eigenvalue weighted by Crippen LogP contribution is 2.30. The Balaban J connectivity index is 1.76. The zero-order valence-electron chi connectivity index (χ0n) is 43.6. The van der Waals surface area contributed by atoms with E-state index in [0.29, 0.717) is 6.42 Å². The number of unbranched alkanes of at least 4 members (excludes halogenated alkanes) is 32. The highest BCUT2D eigenvalue weighted by molar-refractivity contribution is 5.76. The molecular formula is C55H105NO13. The molecule has 1 unspecified atom stereocenters. The molecule has 2 saturated heterocycles. The van der Waals surface area contributed by atoms with Crippen molar-refractivity contribution in [3.05, 3.63) is 12.2 Å². The molecule has 9 N–H and O–H groups in total. The number of aliphatic hydroxyl groups excluding tert-OH is 8. The SMILES string of the molecule is CCCCCCCCCCCCC/C=C/[C@@H](O)[C@H](CO[C@@H]1O[C@H](CO)[C@@H](O[C@@H]2O[C@H](CO)[C@H](O)[C@H](O)[C@H]2O)[C@H](O)C1O)NC(=O)CCCCCCCCCCCCCCCCCCCCCCCC. The van der Waals surface area contributed by atoms with Crippen LogP contribution in [0.2, 0.25) is 0 Å². The topological polar surface area (TPSA) is 228 Å². The summed E-state index contributed by atoms with van der Waals surface area (Å²) in [6, 6.07) is -0.908. The molecule has 14 nitrogen and oxygen atoms in total. The number of hydrogen-bond acceptors (Lipinski definition) is 13. The molecule has 1 amide bonds. The predicted molar refractivity (Wildman–Crippen MR) is 272 cm³/mol. The van der Waals surface area contributed by atoms with Gasteiger partial charge in [0.1, 0.15) is 48.8 Å². The van der Waals surface area contributed by atoms with Crippen molar-refractivity contribution in [2.24, 2.45) is 0 Å². The van der Waals surface area contributed by atoms with E-state index in [1.54, 1.807) is 6.08 Å². The molecule has 12 atom stereocenters. The third kappa shape index (κ3) is 28.7. The van der Waals surface area contributed by atoms with Crippen LogP contribution in [0, 0.1) is 0 Å². The summed E-state index contributed by atoms with van der Waals surface area (Å²) < 4.78 is 22.7. The molecule has 408 valence electrons. The number of allylic oxidation sites excluding steroid dienone is 1. The van der Waals surface area contributed by atoms with Crippen LogP contribution >= 0.6 is 0 Å². The van der Waals surface area contributed by atoms with E-state index in [4.69, 9.17) is 18.9 Å². The minimum Gasteiger partial charge on any atom is -0.394 e. The second-order valence-corrected chi connectivity index (χ2v) is 20.4. The van der Waals surface area contributed by atoms with Crippen LogP contribution in [0.4, 0.5) is 0 Å². The Morgan fingerprint density at radius 3 is 1.33 bits per heavy atom. The Kier molecular flexibility index (Phi) is 39.0. The van der Waals surface area contributed by atoms with Gasteiger partial charge in [-0.15, -0.1) is 0 Å². The standard InChI is InChI=1S/C55H105NO13/c1-3-5-7-9-11-13-15-17-18-19-20-21-22-23-24-25-27-29-31-33-35-37-39-47(60)56-43(44(59)38-36-34-32-30-28-26-16-14-12-10-8-6-4-2)42-66-54-52(65)50(63)53(46(41-58)68-54)69-55-51(64)49(62)48(61)45(40-57)67-55/h36,38,43-46,48-55,57-59,61-65H,3-35,37,39-42H2,1-2H3,(H,56,60)/b38-36+/t43-,44+,45+,46+,48-,49-,50+,51+,52?,53+,54+,55-/m0/s1. The maximum Gasteiger partial charge on any atom is 0.220 e. The number of hydrogen-bond donors (Lipinski definition) is 9. The van der Waals surface area contributed by atoms with Crippen LogP contribution in [0.1, 0.15) is 239 Å². The Morgan fingerprint density at radius 1 is 0.507 bits per heavy atom. The number of ether oxygens (including phenoxy) is 4. The summed E-state index contributed by atoms with van der Waals surface area (Å²) >= 11 is 0. The average molecular weight is 988 g/mol. The fourth-order valence-corrected chi connectivity index (χ4v) is 9.59. The molecule has 0 saturated carbocycles. The molecule has 0 bridgehead atoms. The van der Waals surface area contributed by atoms with E-state index in [9.17, 15) is 45.6 Å². The second-order valence-electron chi connectivity index (χ2n) is 20.4. The summed E-state index contributed by atoms with van der Waals surface area (Å²) in [5.41, 5.74) is 0. The first-order valence-electron chi connectivity index (χ1n) is 28.4. The molecule has 2 rings (SSSR count). The minimum absolute atomic E-state index is 0.235. The van der Waals surface area contributed by atoms with E-state index in [-0.39, 0.29) is 18.9 Å². The molecular weight excluding hydrogens is 883 g/mol. The lowest BCUT2D eigenvalue weighted by Gasteiger charge is -2.46. The van der Waals surface area contributed by atoms with Crippen molar-refractivity contribution in [1.82, 2.24) is 5.32 Å². The monoisotopic (exact) mass is 988 g/mol. The van der Waals surface area contributed by atoms with Crippen molar-refractivity contribution in [2.45, 2.75) is 312 Å². The number of amides is 1. The highest BCUT2D eigenvalue weighted by atomic mass is 16.7. The number of rotatable bonds is 45. The first-order valence-corrected chi connectivity index (χ1v) is 28.4. The van der Waals surface area contributed by atoms with Crippen molar-refractivity contribution in [2.75, 3.05) is 19.8 Å². The van der Waals surface area contributed by atoms with E-state index in [1.165, 1.54) is 173 Å². The molecule has 2 aliphatic rings. The molecule has 0 aromatic heterocycles. The predicted octanol–water partition coefficient (Wildman–Crippen LogP) is 8.72. The first-order chi connectivity index (χ1) is 33.6. The quantitative estimate of drug-likeness (QED) is 0.0206. The maximum absolute atomic E-state index is 13.2. The molecule has 0 aliphatic carbocycles. The van der Waals surface area contributed by atoms with Crippen molar-refractivity contribution in [3.63, 3.8) is 0 Å². The minimum atomic E-state index is -1.78. The van der Waals surface area contributed by atoms with E-state index in [2.05, 4.69) is 19.2 Å². The van der Waals surface area contributed by atoms with Crippen molar-refractivity contribution >= 4 is 5.91 Å². The van der Waals surface area contributed by atoms with Gasteiger partial charge < -0.3 is 65.1 Å². The molecule has 0 spiro atoms. The van der Waals surface area contributed by atoms with Crippen LogP contribution in [-0.2, 0) is 23.7 Å². The lowest BCUT2D eigenvalue weighted by Crippen LogP contribution is -2.65. The Labute approximate surface area is 418 Å². The molecule has 14 heteroatoms. The van der Waals surface area contributed by atoms with E-state index >= 15 is 0 Å². The van der Waals surface area contributed by atoms with Crippen molar-refractivity contribution in [1.29, 1.82) is 0 Å². The van der Waals surface area contributed by atoms with Crippen LogP contribution in [0.3, 0.4) is 0 Å². The van der Waals surface area contributed by atoms with Gasteiger partial charge in [0.2, 0.25) is 5.91 Å². The van der Waals surface area contributed by atoms with Gasteiger partial charge in [-0.25, -0.2) is 0 Å². The molecule has 2 aliphatic heterocycles. The van der Waals surface area contributed by atoms with Gasteiger partial charge >= 0.3 is 0 Å². The van der Waals surface area contributed by atoms with Crippen LogP contribution < -0.4 is 5.32 Å². The van der Waals surface area contributed by atoms with E-state index in [0.717, 1.165) is 38.5 Å². The Hall–Kier alpha value is -1.27. The van der Waals surface area contributed by atoms with Gasteiger partial charge in [-0.2, -0.15) is 0 Å². The van der Waals surface area contributed by atoms with Gasteiger partial charge in [-0.1, -0.05) is 225 Å². The lowest BCUT2D eigenvalue weighted by atomic mass is 9.97. The van der Waals surface area contributed by atoms with Crippen LogP contribution in [0.25, 0.3) is 0 Å². The Morgan fingerprint density at radius 2 is 0.899 bits per heavy atom. The summed E-state index contributed by atoms with van der Waals surface area (Å²) in [4.78, 5) is 13.2. The van der Waals surface area contributed by atoms with Crippen LogP contribution in [0.15, 0.2) is 12.2 Å². The number of aliphatic hydroxyl groups is 8. The smallest absolute Gasteiger partial charge is 0.220 e. The molecule has 2 heterocycles. The van der Waals surface area contributed by atoms with Gasteiger partial charge in [-0.05, 0) is 19.3 Å². The van der Waals surface area contributed by atoms with Crippen molar-refractivity contribution in [3.8, 4) is 0 Å². The van der Waals surface area contributed by atoms with Gasteiger partial charge in [-0.3, -0.25) is 4.79 Å². The summed E-state index contributed by atoms with van der Waals surface area (Å²) in [5.74, 6) is -0.235. The zero-order chi connectivity index (χ0) is 50.3. The third-order valence-electron chi connectivity index (χ3n) is 14.2. The largest absolute Gasteiger partial charge is 0.394 e. The van der Waals surface area contributed by atoms with Crippen LogP contribution in [0.5, 0.6) is 0 Å². The number of carbonyl (C=O) groups excluding carboxylic acids is 1. The molecule has 0 aromatic rings. The van der Waals surface area contributed by atoms with E-state index in [1.807, 2.05) is 6.08 Å². The average Bonchev–Trinajstić information content (AvgIpc) is 3.35. The summed E-state index contributed by atoms with van der Waals surface area (Å²) in [6.07, 6.45) is 29.7. The first kappa shape index (κ1) is 63.8. The molecule has 69 heavy (non-hydrogen) atoms. The lowest BCUT2D eigenvalue weighted by molar-refractivity contribution is -0.359. The zero-order valence-corrected chi connectivity index (χ0v) is 43.6. The summed E-state index contributed by atoms with van der Waals surface area (Å²) in [7, 11) is 0. The Bertz CT molecular complexity index is 1210. The van der Waals surface area contributed by atoms with Gasteiger partial charge in [0.05, 0.1) is 32.0 Å². The summed E-state index contributed by atoms with van der Waals surface area (Å²) in [6.45, 7) is 2.81. The highest BCUT2D eigenvalue weighted by Gasteiger charge is 2.51. The number of carbonyl (C=O) groups is 1. The van der Waals surface area contributed by atoms with Crippen LogP contribution in [-0.4, -0.2) is 140 Å². The van der Waals surface area contributed by atoms with E-state index < -0.39 is 86.8 Å². The van der Waals surface area contributed by atoms with Gasteiger partial charge in [0.15, 0.2) is 12.6 Å². The normalized spacial score (nSPS) is 26.2. The van der Waals surface area contributed by atoms with Crippen molar-refractivity contribution < 1.29 is 64.6 Å². The fourth-order valence-electron chi connectivity index (χ4n) is 9.59. The molecule has 0 aromatic carbocycles. The fraction of sp³-hybridized carbons (Fsp3) is 0.945. The number of nitrogens with one attached hydrogen (secondary N) is 1. The second kappa shape index (κ2) is 42.1. The maximum atomic E-state index is 13.2. The third-order valence-corrected chi connectivity index (χ3v) is 14.2. The van der Waals surface area contributed by atoms with Gasteiger partial charge in [0, 0.05) is 6.42 Å².